The third-order valence-electron chi connectivity index (χ3n) is 2.58. The molecule has 1 rings (SSSR count). The second kappa shape index (κ2) is 3.96. The molecule has 0 spiro atoms. The largest absolute Gasteiger partial charge is 0.216 e. The highest BCUT2D eigenvalue weighted by atomic mass is 32.2. The van der Waals surface area contributed by atoms with Crippen LogP contribution in [0.4, 0.5) is 0 Å². The number of nitrogens with zero attached hydrogens (tertiary/aromatic N) is 1. The monoisotopic (exact) mass is 205 g/mol. The summed E-state index contributed by atoms with van der Waals surface area (Å²) < 4.78 is 25.2. The lowest BCUT2D eigenvalue weighted by atomic mass is 10.0. The van der Waals surface area contributed by atoms with Crippen molar-refractivity contribution in [3.05, 3.63) is 0 Å². The van der Waals surface area contributed by atoms with E-state index in [1.165, 1.54) is 0 Å². The molecule has 0 radical (unpaired) electrons. The second-order valence-corrected chi connectivity index (χ2v) is 6.69. The zero-order chi connectivity index (χ0) is 10.1. The molecule has 1 atom stereocenters. The van der Waals surface area contributed by atoms with Gasteiger partial charge in [-0.1, -0.05) is 6.92 Å². The van der Waals surface area contributed by atoms with Crippen molar-refractivity contribution in [2.24, 2.45) is 5.92 Å². The molecule has 0 amide bonds. The van der Waals surface area contributed by atoms with Crippen LogP contribution in [0, 0.1) is 5.92 Å². The number of hydrogen-bond donors (Lipinski definition) is 0. The highest BCUT2D eigenvalue weighted by Crippen LogP contribution is 2.20. The van der Waals surface area contributed by atoms with Gasteiger partial charge in [0.1, 0.15) is 0 Å². The van der Waals surface area contributed by atoms with Gasteiger partial charge in [0.2, 0.25) is 10.0 Å². The Bertz CT molecular complexity index is 259. The molecule has 0 aromatic heterocycles. The van der Waals surface area contributed by atoms with E-state index >= 15 is 0 Å². The Morgan fingerprint density at radius 2 is 2.00 bits per heavy atom. The Kier molecular flexibility index (Phi) is 3.35. The SMILES string of the molecule is CC(C)S(=O)(=O)N1CCC[C@H](C)C1. The van der Waals surface area contributed by atoms with Crippen molar-refractivity contribution in [3.63, 3.8) is 0 Å². The molecule has 4 heteroatoms. The molecule has 0 aromatic rings. The Hall–Kier alpha value is -0.0900. The molecular weight excluding hydrogens is 186 g/mol. The fourth-order valence-electron chi connectivity index (χ4n) is 1.68. The van der Waals surface area contributed by atoms with Gasteiger partial charge in [0.25, 0.3) is 0 Å². The normalized spacial score (nSPS) is 26.6. The summed E-state index contributed by atoms with van der Waals surface area (Å²) in [5, 5.41) is -0.280. The summed E-state index contributed by atoms with van der Waals surface area (Å²) in [6, 6.07) is 0. The molecule has 0 aromatic carbocycles. The van der Waals surface area contributed by atoms with Crippen LogP contribution >= 0.6 is 0 Å². The minimum atomic E-state index is -3.00. The van der Waals surface area contributed by atoms with Gasteiger partial charge in [-0.3, -0.25) is 0 Å². The average molecular weight is 205 g/mol. The van der Waals surface area contributed by atoms with Gasteiger partial charge in [0, 0.05) is 13.1 Å². The van der Waals surface area contributed by atoms with Gasteiger partial charge in [-0.2, -0.15) is 0 Å². The van der Waals surface area contributed by atoms with E-state index in [4.69, 9.17) is 0 Å². The van der Waals surface area contributed by atoms with Gasteiger partial charge in [-0.15, -0.1) is 0 Å². The molecule has 78 valence electrons. The molecule has 0 N–H and O–H groups in total. The van der Waals surface area contributed by atoms with Crippen LogP contribution in [0.3, 0.4) is 0 Å². The summed E-state index contributed by atoms with van der Waals surface area (Å²) >= 11 is 0. The summed E-state index contributed by atoms with van der Waals surface area (Å²) in [4.78, 5) is 0. The van der Waals surface area contributed by atoms with Crippen molar-refractivity contribution in [1.29, 1.82) is 0 Å². The number of rotatable bonds is 2. The van der Waals surface area contributed by atoms with Gasteiger partial charge >= 0.3 is 0 Å². The summed E-state index contributed by atoms with van der Waals surface area (Å²) in [6.45, 7) is 7.02. The van der Waals surface area contributed by atoms with E-state index in [1.54, 1.807) is 18.2 Å². The fraction of sp³-hybridized carbons (Fsp3) is 1.00. The smallest absolute Gasteiger partial charge is 0.212 e. The molecular formula is C9H19NO2S. The summed E-state index contributed by atoms with van der Waals surface area (Å²) in [6.07, 6.45) is 2.16. The Morgan fingerprint density at radius 3 is 2.46 bits per heavy atom. The van der Waals surface area contributed by atoms with Crippen molar-refractivity contribution < 1.29 is 8.42 Å². The fourth-order valence-corrected chi connectivity index (χ4v) is 3.12. The van der Waals surface area contributed by atoms with Crippen LogP contribution in [0.25, 0.3) is 0 Å². The van der Waals surface area contributed by atoms with Crippen molar-refractivity contribution in [3.8, 4) is 0 Å². The second-order valence-electron chi connectivity index (χ2n) is 4.20. The van der Waals surface area contributed by atoms with Gasteiger partial charge in [-0.05, 0) is 32.6 Å². The van der Waals surface area contributed by atoms with Crippen molar-refractivity contribution in [2.75, 3.05) is 13.1 Å². The first-order chi connectivity index (χ1) is 5.94. The first-order valence-electron chi connectivity index (χ1n) is 4.93. The molecule has 1 saturated heterocycles. The van der Waals surface area contributed by atoms with Gasteiger partial charge < -0.3 is 0 Å². The maximum atomic E-state index is 11.8. The molecule has 0 bridgehead atoms. The van der Waals surface area contributed by atoms with Crippen LogP contribution in [0.5, 0.6) is 0 Å². The number of sulfonamides is 1. The van der Waals surface area contributed by atoms with Gasteiger partial charge in [-0.25, -0.2) is 12.7 Å². The lowest BCUT2D eigenvalue weighted by Gasteiger charge is -2.31. The average Bonchev–Trinajstić information content (AvgIpc) is 2.04. The van der Waals surface area contributed by atoms with E-state index in [2.05, 4.69) is 6.92 Å². The topological polar surface area (TPSA) is 37.4 Å². The minimum Gasteiger partial charge on any atom is -0.212 e. The molecule has 0 unspecified atom stereocenters. The predicted octanol–water partition coefficient (Wildman–Crippen LogP) is 1.46. The van der Waals surface area contributed by atoms with E-state index in [0.717, 1.165) is 12.8 Å². The predicted molar refractivity (Wildman–Crippen MR) is 54.0 cm³/mol. The van der Waals surface area contributed by atoms with Crippen LogP contribution in [0.15, 0.2) is 0 Å². The van der Waals surface area contributed by atoms with E-state index in [-0.39, 0.29) is 5.25 Å². The maximum absolute atomic E-state index is 11.8. The third-order valence-corrected chi connectivity index (χ3v) is 4.82. The summed E-state index contributed by atoms with van der Waals surface area (Å²) in [5.74, 6) is 0.516. The standard InChI is InChI=1S/C9H19NO2S/c1-8(2)13(11,12)10-6-4-5-9(3)7-10/h8-9H,4-7H2,1-3H3/t9-/m0/s1. The van der Waals surface area contributed by atoms with Crippen LogP contribution in [0.2, 0.25) is 0 Å². The lowest BCUT2D eigenvalue weighted by Crippen LogP contribution is -2.42. The van der Waals surface area contributed by atoms with Crippen molar-refractivity contribution in [2.45, 2.75) is 38.9 Å². The first kappa shape index (κ1) is 11.0. The number of hydrogen-bond acceptors (Lipinski definition) is 2. The molecule has 3 nitrogen and oxygen atoms in total. The molecule has 1 heterocycles. The highest BCUT2D eigenvalue weighted by Gasteiger charge is 2.29. The summed E-state index contributed by atoms with van der Waals surface area (Å²) in [5.41, 5.74) is 0. The van der Waals surface area contributed by atoms with Crippen LogP contribution in [-0.4, -0.2) is 31.1 Å². The van der Waals surface area contributed by atoms with Crippen LogP contribution in [-0.2, 0) is 10.0 Å². The molecule has 1 aliphatic rings. The minimum absolute atomic E-state index is 0.280. The van der Waals surface area contributed by atoms with E-state index in [9.17, 15) is 8.42 Å². The van der Waals surface area contributed by atoms with Crippen LogP contribution in [0.1, 0.15) is 33.6 Å². The highest BCUT2D eigenvalue weighted by molar-refractivity contribution is 7.89. The Morgan fingerprint density at radius 1 is 1.38 bits per heavy atom. The molecule has 13 heavy (non-hydrogen) atoms. The maximum Gasteiger partial charge on any atom is 0.216 e. The molecule has 0 saturated carbocycles. The van der Waals surface area contributed by atoms with E-state index < -0.39 is 10.0 Å². The summed E-state index contributed by atoms with van der Waals surface area (Å²) in [7, 11) is -3.00. The zero-order valence-corrected chi connectivity index (χ0v) is 9.47. The van der Waals surface area contributed by atoms with Crippen molar-refractivity contribution in [1.82, 2.24) is 4.31 Å². The molecule has 0 aliphatic carbocycles. The quantitative estimate of drug-likeness (QED) is 0.684. The van der Waals surface area contributed by atoms with E-state index in [1.807, 2.05) is 0 Å². The molecule has 1 fully saturated rings. The zero-order valence-electron chi connectivity index (χ0n) is 8.66. The Labute approximate surface area is 81.2 Å². The van der Waals surface area contributed by atoms with Crippen LogP contribution < -0.4 is 0 Å². The number of piperidine rings is 1. The Balaban J connectivity index is 2.71. The molecule has 1 aliphatic heterocycles. The van der Waals surface area contributed by atoms with Gasteiger partial charge in [0.05, 0.1) is 5.25 Å². The van der Waals surface area contributed by atoms with Gasteiger partial charge in [0.15, 0.2) is 0 Å². The van der Waals surface area contributed by atoms with E-state index in [0.29, 0.717) is 19.0 Å². The first-order valence-corrected chi connectivity index (χ1v) is 6.44. The third kappa shape index (κ3) is 2.44. The van der Waals surface area contributed by atoms with Crippen molar-refractivity contribution >= 4 is 10.0 Å². The lowest BCUT2D eigenvalue weighted by molar-refractivity contribution is 0.279.